The van der Waals surface area contributed by atoms with Gasteiger partial charge in [0.05, 0.1) is 12.5 Å². The summed E-state index contributed by atoms with van der Waals surface area (Å²) in [6, 6.07) is 0.243. The number of hydrogen-bond donors (Lipinski definition) is 2. The van der Waals surface area contributed by atoms with Gasteiger partial charge in [-0.25, -0.2) is 0 Å². The van der Waals surface area contributed by atoms with E-state index in [0.29, 0.717) is 32.0 Å². The first-order chi connectivity index (χ1) is 11.1. The second-order valence-corrected chi connectivity index (χ2v) is 6.85. The second-order valence-electron chi connectivity index (χ2n) is 6.85. The third-order valence-electron chi connectivity index (χ3n) is 5.11. The molecule has 0 saturated carbocycles. The zero-order valence-corrected chi connectivity index (χ0v) is 14.5. The Labute approximate surface area is 139 Å². The van der Waals surface area contributed by atoms with E-state index in [1.807, 2.05) is 4.90 Å². The molecule has 0 aliphatic carbocycles. The molecule has 6 heteroatoms. The van der Waals surface area contributed by atoms with Gasteiger partial charge in [-0.3, -0.25) is 9.59 Å². The topological polar surface area (TPSA) is 70.7 Å². The normalized spacial score (nSPS) is 27.9. The quantitative estimate of drug-likeness (QED) is 0.678. The van der Waals surface area contributed by atoms with E-state index in [4.69, 9.17) is 4.74 Å². The van der Waals surface area contributed by atoms with Crippen LogP contribution in [0.2, 0.25) is 0 Å². The van der Waals surface area contributed by atoms with Crippen molar-refractivity contribution < 1.29 is 14.3 Å². The van der Waals surface area contributed by atoms with Gasteiger partial charge in [0.1, 0.15) is 0 Å². The van der Waals surface area contributed by atoms with Crippen molar-refractivity contribution in [2.45, 2.75) is 45.1 Å². The van der Waals surface area contributed by atoms with E-state index >= 15 is 0 Å². The highest BCUT2D eigenvalue weighted by atomic mass is 16.5. The van der Waals surface area contributed by atoms with Crippen molar-refractivity contribution in [3.63, 3.8) is 0 Å². The number of nitrogens with zero attached hydrogens (tertiary/aromatic N) is 1. The number of methoxy groups -OCH3 is 1. The molecule has 0 radical (unpaired) electrons. The second kappa shape index (κ2) is 9.23. The van der Waals surface area contributed by atoms with Gasteiger partial charge in [-0.1, -0.05) is 0 Å². The molecule has 2 aliphatic rings. The molecule has 0 aromatic heterocycles. The molecular weight excluding hydrogens is 294 g/mol. The van der Waals surface area contributed by atoms with Crippen molar-refractivity contribution in [3.05, 3.63) is 0 Å². The van der Waals surface area contributed by atoms with Crippen LogP contribution >= 0.6 is 0 Å². The van der Waals surface area contributed by atoms with Crippen LogP contribution in [0.5, 0.6) is 0 Å². The lowest BCUT2D eigenvalue weighted by molar-refractivity contribution is -0.138. The fraction of sp³-hybridized carbons (Fsp3) is 0.882. The number of carbonyl (C=O) groups is 2. The summed E-state index contributed by atoms with van der Waals surface area (Å²) >= 11 is 0. The standard InChI is InChI=1S/C17H31N3O3/c1-13-3-5-15(17(22)19-9-10-23-2)12-20(13)16(21)6-4-14-7-8-18-11-14/h13-15,18H,3-12H2,1-2H3,(H,19,22). The zero-order valence-electron chi connectivity index (χ0n) is 14.5. The highest BCUT2D eigenvalue weighted by molar-refractivity contribution is 5.81. The molecule has 2 aliphatic heterocycles. The lowest BCUT2D eigenvalue weighted by Gasteiger charge is -2.37. The summed E-state index contributed by atoms with van der Waals surface area (Å²) in [5.74, 6) is 0.804. The number of amides is 2. The summed E-state index contributed by atoms with van der Waals surface area (Å²) in [6.07, 6.45) is 4.50. The minimum atomic E-state index is -0.0832. The predicted octanol–water partition coefficient (Wildman–Crippen LogP) is 0.766. The third-order valence-corrected chi connectivity index (χ3v) is 5.11. The Hall–Kier alpha value is -1.14. The molecule has 2 rings (SSSR count). The van der Waals surface area contributed by atoms with Crippen molar-refractivity contribution in [1.29, 1.82) is 0 Å². The maximum atomic E-state index is 12.5. The third kappa shape index (κ3) is 5.46. The van der Waals surface area contributed by atoms with Crippen LogP contribution in [-0.2, 0) is 14.3 Å². The van der Waals surface area contributed by atoms with Crippen LogP contribution in [0, 0.1) is 11.8 Å². The van der Waals surface area contributed by atoms with Crippen molar-refractivity contribution in [2.24, 2.45) is 11.8 Å². The number of hydrogen-bond acceptors (Lipinski definition) is 4. The summed E-state index contributed by atoms with van der Waals surface area (Å²) < 4.78 is 4.95. The Morgan fingerprint density at radius 1 is 1.30 bits per heavy atom. The number of ether oxygens (including phenoxy) is 1. The molecule has 2 fully saturated rings. The van der Waals surface area contributed by atoms with Crippen LogP contribution in [0.1, 0.15) is 39.0 Å². The average molecular weight is 325 g/mol. The lowest BCUT2D eigenvalue weighted by atomic mass is 9.92. The monoisotopic (exact) mass is 325 g/mol. The highest BCUT2D eigenvalue weighted by Gasteiger charge is 2.32. The van der Waals surface area contributed by atoms with Gasteiger partial charge in [0, 0.05) is 32.7 Å². The Bertz CT molecular complexity index is 397. The van der Waals surface area contributed by atoms with Crippen LogP contribution < -0.4 is 10.6 Å². The molecule has 2 N–H and O–H groups in total. The SMILES string of the molecule is COCCNC(=O)C1CCC(C)N(C(=O)CCC2CCNC2)C1. The lowest BCUT2D eigenvalue weighted by Crippen LogP contribution is -2.49. The molecule has 0 spiro atoms. The molecule has 3 unspecified atom stereocenters. The van der Waals surface area contributed by atoms with Gasteiger partial charge in [-0.15, -0.1) is 0 Å². The van der Waals surface area contributed by atoms with Gasteiger partial charge in [-0.05, 0) is 51.6 Å². The van der Waals surface area contributed by atoms with E-state index in [-0.39, 0.29) is 23.8 Å². The van der Waals surface area contributed by atoms with Crippen LogP contribution in [0.3, 0.4) is 0 Å². The van der Waals surface area contributed by atoms with E-state index in [9.17, 15) is 9.59 Å². The summed E-state index contributed by atoms with van der Waals surface area (Å²) in [5.41, 5.74) is 0. The molecule has 2 heterocycles. The summed E-state index contributed by atoms with van der Waals surface area (Å²) in [4.78, 5) is 26.7. The van der Waals surface area contributed by atoms with Crippen LogP contribution in [-0.4, -0.2) is 62.7 Å². The van der Waals surface area contributed by atoms with E-state index < -0.39 is 0 Å². The van der Waals surface area contributed by atoms with Gasteiger partial charge < -0.3 is 20.3 Å². The number of nitrogens with one attached hydrogen (secondary N) is 2. The Morgan fingerprint density at radius 2 is 2.13 bits per heavy atom. The summed E-state index contributed by atoms with van der Waals surface area (Å²) in [5, 5.41) is 6.24. The molecule has 3 atom stereocenters. The van der Waals surface area contributed by atoms with Crippen molar-refractivity contribution >= 4 is 11.8 Å². The molecule has 0 aromatic carbocycles. The zero-order chi connectivity index (χ0) is 16.7. The van der Waals surface area contributed by atoms with E-state index in [0.717, 1.165) is 32.4 Å². The first kappa shape index (κ1) is 18.2. The number of carbonyl (C=O) groups excluding carboxylic acids is 2. The van der Waals surface area contributed by atoms with Gasteiger partial charge in [0.15, 0.2) is 0 Å². The van der Waals surface area contributed by atoms with Gasteiger partial charge >= 0.3 is 0 Å². The smallest absolute Gasteiger partial charge is 0.224 e. The van der Waals surface area contributed by atoms with Gasteiger partial charge in [-0.2, -0.15) is 0 Å². The molecule has 2 saturated heterocycles. The molecule has 2 amide bonds. The molecule has 0 bridgehead atoms. The highest BCUT2D eigenvalue weighted by Crippen LogP contribution is 2.24. The van der Waals surface area contributed by atoms with E-state index in [1.165, 1.54) is 6.42 Å². The van der Waals surface area contributed by atoms with Crippen LogP contribution in [0.15, 0.2) is 0 Å². The first-order valence-electron chi connectivity index (χ1n) is 8.88. The molecule has 23 heavy (non-hydrogen) atoms. The minimum absolute atomic E-state index is 0.0479. The minimum Gasteiger partial charge on any atom is -0.383 e. The number of likely N-dealkylation sites (tertiary alicyclic amines) is 1. The Balaban J connectivity index is 1.79. The largest absolute Gasteiger partial charge is 0.383 e. The predicted molar refractivity (Wildman–Crippen MR) is 89.0 cm³/mol. The Morgan fingerprint density at radius 3 is 2.83 bits per heavy atom. The van der Waals surface area contributed by atoms with Gasteiger partial charge in [0.2, 0.25) is 11.8 Å². The average Bonchev–Trinajstić information content (AvgIpc) is 3.06. The molecular formula is C17H31N3O3. The Kier molecular flexibility index (Phi) is 7.30. The van der Waals surface area contributed by atoms with Crippen molar-refractivity contribution in [2.75, 3.05) is 39.9 Å². The van der Waals surface area contributed by atoms with Crippen molar-refractivity contribution in [1.82, 2.24) is 15.5 Å². The maximum absolute atomic E-state index is 12.5. The maximum Gasteiger partial charge on any atom is 0.224 e. The fourth-order valence-electron chi connectivity index (χ4n) is 3.52. The van der Waals surface area contributed by atoms with E-state index in [1.54, 1.807) is 7.11 Å². The molecule has 0 aromatic rings. The van der Waals surface area contributed by atoms with Crippen LogP contribution in [0.25, 0.3) is 0 Å². The molecule has 132 valence electrons. The number of piperidine rings is 1. The van der Waals surface area contributed by atoms with Crippen molar-refractivity contribution in [3.8, 4) is 0 Å². The number of rotatable bonds is 7. The first-order valence-corrected chi connectivity index (χ1v) is 8.88. The molecule has 6 nitrogen and oxygen atoms in total. The summed E-state index contributed by atoms with van der Waals surface area (Å²) in [7, 11) is 1.62. The van der Waals surface area contributed by atoms with E-state index in [2.05, 4.69) is 17.6 Å². The fourth-order valence-corrected chi connectivity index (χ4v) is 3.52. The summed E-state index contributed by atoms with van der Waals surface area (Å²) in [6.45, 7) is 5.81. The van der Waals surface area contributed by atoms with Crippen LogP contribution in [0.4, 0.5) is 0 Å². The van der Waals surface area contributed by atoms with Gasteiger partial charge in [0.25, 0.3) is 0 Å².